The summed E-state index contributed by atoms with van der Waals surface area (Å²) in [7, 11) is -3.48. The van der Waals surface area contributed by atoms with Crippen molar-refractivity contribution in [3.63, 3.8) is 0 Å². The maximum atomic E-state index is 13.0. The van der Waals surface area contributed by atoms with Crippen LogP contribution in [0.1, 0.15) is 60.4 Å². The molecule has 1 atom stereocenters. The first-order valence-electron chi connectivity index (χ1n) is 10.1. The van der Waals surface area contributed by atoms with E-state index in [2.05, 4.69) is 10.1 Å². The van der Waals surface area contributed by atoms with Crippen molar-refractivity contribution in [2.75, 3.05) is 30.2 Å². The summed E-state index contributed by atoms with van der Waals surface area (Å²) in [4.78, 5) is 19.1. The molecule has 0 bridgehead atoms. The third-order valence-electron chi connectivity index (χ3n) is 5.79. The van der Waals surface area contributed by atoms with E-state index >= 15 is 0 Å². The van der Waals surface area contributed by atoms with E-state index < -0.39 is 10.0 Å². The Bertz CT molecular complexity index is 1060. The lowest BCUT2D eigenvalue weighted by molar-refractivity contribution is 0.0546. The van der Waals surface area contributed by atoms with Gasteiger partial charge in [-0.05, 0) is 50.5 Å². The van der Waals surface area contributed by atoms with Gasteiger partial charge in [-0.2, -0.15) is 5.10 Å². The second-order valence-electron chi connectivity index (χ2n) is 8.32. The van der Waals surface area contributed by atoms with Crippen LogP contribution < -0.4 is 4.31 Å². The Morgan fingerprint density at radius 1 is 1.23 bits per heavy atom. The number of fused-ring (bicyclic) bond motifs is 1. The first-order valence-corrected chi connectivity index (χ1v) is 12.0. The number of likely N-dealkylation sites (tertiary alicyclic amines) is 1. The van der Waals surface area contributed by atoms with Gasteiger partial charge >= 0.3 is 0 Å². The highest BCUT2D eigenvalue weighted by molar-refractivity contribution is 7.92. The molecule has 0 spiro atoms. The predicted octanol–water partition coefficient (Wildman–Crippen LogP) is 1.37. The normalized spacial score (nSPS) is 20.1. The molecule has 1 amide bonds. The first-order chi connectivity index (χ1) is 14.1. The third kappa shape index (κ3) is 3.81. The molecule has 1 aromatic carbocycles. The maximum Gasteiger partial charge on any atom is 0.253 e. The zero-order chi connectivity index (χ0) is 21.6. The molecule has 2 aliphatic rings. The number of sulfonamides is 1. The molecule has 3 heterocycles. The Kier molecular flexibility index (Phi) is 5.31. The van der Waals surface area contributed by atoms with E-state index in [4.69, 9.17) is 0 Å². The number of hydrogen-bond acceptors (Lipinski definition) is 6. The largest absolute Gasteiger partial charge is 0.393 e. The van der Waals surface area contributed by atoms with Gasteiger partial charge in [0.1, 0.15) is 6.33 Å². The average Bonchev–Trinajstić information content (AvgIpc) is 3.32. The highest BCUT2D eigenvalue weighted by atomic mass is 32.2. The minimum atomic E-state index is -3.48. The Labute approximate surface area is 176 Å². The maximum absolute atomic E-state index is 13.0. The predicted molar refractivity (Wildman–Crippen MR) is 112 cm³/mol. The van der Waals surface area contributed by atoms with Crippen LogP contribution in [-0.2, 0) is 10.0 Å². The Morgan fingerprint density at radius 2 is 1.93 bits per heavy atom. The van der Waals surface area contributed by atoms with Crippen LogP contribution in [-0.4, -0.2) is 71.1 Å². The highest BCUT2D eigenvalue weighted by Gasteiger charge is 2.37. The zero-order valence-electron chi connectivity index (χ0n) is 17.4. The highest BCUT2D eigenvalue weighted by Crippen LogP contribution is 2.41. The van der Waals surface area contributed by atoms with Gasteiger partial charge in [0, 0.05) is 31.2 Å². The molecule has 2 aromatic rings. The number of aliphatic hydroxyl groups is 1. The number of aromatic nitrogens is 3. The number of amides is 1. The van der Waals surface area contributed by atoms with Gasteiger partial charge in [0.2, 0.25) is 10.0 Å². The van der Waals surface area contributed by atoms with Crippen LogP contribution in [0.25, 0.3) is 0 Å². The summed E-state index contributed by atoms with van der Waals surface area (Å²) >= 11 is 0. The summed E-state index contributed by atoms with van der Waals surface area (Å²) in [5.74, 6) is 0.0920. The quantitative estimate of drug-likeness (QED) is 0.780. The molecule has 1 saturated heterocycles. The molecule has 2 aliphatic heterocycles. The summed E-state index contributed by atoms with van der Waals surface area (Å²) < 4.78 is 27.8. The average molecular weight is 434 g/mol. The Morgan fingerprint density at radius 3 is 2.53 bits per heavy atom. The van der Waals surface area contributed by atoms with Crippen molar-refractivity contribution in [1.82, 2.24) is 19.7 Å². The number of anilines is 1. The van der Waals surface area contributed by atoms with E-state index in [1.54, 1.807) is 34.1 Å². The first kappa shape index (κ1) is 20.8. The molecular formula is C20H27N5O4S. The molecule has 0 unspecified atom stereocenters. The van der Waals surface area contributed by atoms with Gasteiger partial charge in [0.25, 0.3) is 5.91 Å². The third-order valence-corrected chi connectivity index (χ3v) is 6.93. The van der Waals surface area contributed by atoms with E-state index in [0.717, 1.165) is 5.56 Å². The monoisotopic (exact) mass is 433 g/mol. The smallest absolute Gasteiger partial charge is 0.253 e. The fourth-order valence-electron chi connectivity index (χ4n) is 4.04. The molecule has 0 radical (unpaired) electrons. The van der Waals surface area contributed by atoms with E-state index in [1.165, 1.54) is 10.6 Å². The molecule has 30 heavy (non-hydrogen) atoms. The lowest BCUT2D eigenvalue weighted by atomic mass is 9.97. The van der Waals surface area contributed by atoms with Gasteiger partial charge in [0.05, 0.1) is 24.0 Å². The van der Waals surface area contributed by atoms with Crippen molar-refractivity contribution in [2.45, 2.75) is 44.8 Å². The fraction of sp³-hybridized carbons (Fsp3) is 0.550. The zero-order valence-corrected chi connectivity index (χ0v) is 18.2. The molecule has 9 nitrogen and oxygen atoms in total. The molecular weight excluding hydrogens is 406 g/mol. The summed E-state index contributed by atoms with van der Waals surface area (Å²) in [6, 6.07) is 5.28. The van der Waals surface area contributed by atoms with Gasteiger partial charge < -0.3 is 10.0 Å². The van der Waals surface area contributed by atoms with Crippen LogP contribution in [0, 0.1) is 0 Å². The number of hydrogen-bond donors (Lipinski definition) is 1. The van der Waals surface area contributed by atoms with Crippen molar-refractivity contribution < 1.29 is 18.3 Å². The number of carbonyl (C=O) groups is 1. The van der Waals surface area contributed by atoms with Gasteiger partial charge in [-0.3, -0.25) is 13.8 Å². The molecule has 0 aliphatic carbocycles. The van der Waals surface area contributed by atoms with Crippen molar-refractivity contribution in [3.05, 3.63) is 41.5 Å². The van der Waals surface area contributed by atoms with Crippen LogP contribution >= 0.6 is 0 Å². The second kappa shape index (κ2) is 7.66. The molecule has 162 valence electrons. The number of piperidine rings is 1. The van der Waals surface area contributed by atoms with Crippen molar-refractivity contribution >= 4 is 21.6 Å². The summed E-state index contributed by atoms with van der Waals surface area (Å²) in [6.45, 7) is 5.23. The lowest BCUT2D eigenvalue weighted by Crippen LogP contribution is -2.40. The number of nitrogens with zero attached hydrogens (tertiary/aromatic N) is 5. The van der Waals surface area contributed by atoms with Crippen molar-refractivity contribution in [2.24, 2.45) is 0 Å². The van der Waals surface area contributed by atoms with Gasteiger partial charge in [0.15, 0.2) is 5.82 Å². The molecule has 4 rings (SSSR count). The van der Waals surface area contributed by atoms with Crippen LogP contribution in [0.2, 0.25) is 0 Å². The Balaban J connectivity index is 1.71. The minimum absolute atomic E-state index is 0.109. The van der Waals surface area contributed by atoms with Crippen LogP contribution in [0.5, 0.6) is 0 Å². The number of benzene rings is 1. The molecule has 1 fully saturated rings. The SMILES string of the molecule is CC(C)n1cnc([C@@H]2CN(S(C)(=O)=O)c3ccc(C(=O)N4CCC(O)CC4)cc32)n1. The van der Waals surface area contributed by atoms with Gasteiger partial charge in [-0.1, -0.05) is 0 Å². The van der Waals surface area contributed by atoms with Crippen LogP contribution in [0.15, 0.2) is 24.5 Å². The summed E-state index contributed by atoms with van der Waals surface area (Å²) in [6.07, 6.45) is 3.60. The second-order valence-corrected chi connectivity index (χ2v) is 10.2. The molecule has 1 aromatic heterocycles. The van der Waals surface area contributed by atoms with Gasteiger partial charge in [-0.15, -0.1) is 0 Å². The minimum Gasteiger partial charge on any atom is -0.393 e. The lowest BCUT2D eigenvalue weighted by Gasteiger charge is -2.29. The number of aliphatic hydroxyl groups excluding tert-OH is 1. The summed E-state index contributed by atoms with van der Waals surface area (Å²) in [5, 5.41) is 14.2. The van der Waals surface area contributed by atoms with E-state index in [-0.39, 0.29) is 30.5 Å². The van der Waals surface area contributed by atoms with E-state index in [0.29, 0.717) is 43.0 Å². The topological polar surface area (TPSA) is 109 Å². The fourth-order valence-corrected chi connectivity index (χ4v) is 4.98. The van der Waals surface area contributed by atoms with E-state index in [1.807, 2.05) is 13.8 Å². The van der Waals surface area contributed by atoms with Gasteiger partial charge in [-0.25, -0.2) is 13.4 Å². The van der Waals surface area contributed by atoms with Crippen LogP contribution in [0.4, 0.5) is 5.69 Å². The van der Waals surface area contributed by atoms with Crippen LogP contribution in [0.3, 0.4) is 0 Å². The standard InChI is InChI=1S/C20H27N5O4S/c1-13(2)24-12-21-19(22-24)17-11-25(30(3,28)29)18-5-4-14(10-16(17)18)20(27)23-8-6-15(26)7-9-23/h4-5,10,12-13,15,17,26H,6-9,11H2,1-3H3/t17-/m1/s1. The molecule has 10 heteroatoms. The van der Waals surface area contributed by atoms with E-state index in [9.17, 15) is 18.3 Å². The van der Waals surface area contributed by atoms with Crippen molar-refractivity contribution in [3.8, 4) is 0 Å². The Hall–Kier alpha value is -2.46. The summed E-state index contributed by atoms with van der Waals surface area (Å²) in [5.41, 5.74) is 1.81. The molecule has 1 N–H and O–H groups in total. The molecule has 0 saturated carbocycles. The number of carbonyl (C=O) groups excluding carboxylic acids is 1. The number of rotatable bonds is 4. The van der Waals surface area contributed by atoms with Crippen molar-refractivity contribution in [1.29, 1.82) is 0 Å².